The van der Waals surface area contributed by atoms with Gasteiger partial charge in [-0.3, -0.25) is 0 Å². The van der Waals surface area contributed by atoms with Gasteiger partial charge < -0.3 is 15.4 Å². The summed E-state index contributed by atoms with van der Waals surface area (Å²) in [6, 6.07) is 15.2. The predicted octanol–water partition coefficient (Wildman–Crippen LogP) is 2.17. The molecule has 3 heteroatoms. The van der Waals surface area contributed by atoms with Crippen molar-refractivity contribution in [1.29, 1.82) is 0 Å². The third-order valence-electron chi connectivity index (χ3n) is 3.58. The Morgan fingerprint density at radius 1 is 1.05 bits per heavy atom. The van der Waals surface area contributed by atoms with Gasteiger partial charge in [-0.15, -0.1) is 0 Å². The highest BCUT2D eigenvalue weighted by Gasteiger charge is 2.11. The van der Waals surface area contributed by atoms with Crippen molar-refractivity contribution in [3.8, 4) is 5.75 Å². The van der Waals surface area contributed by atoms with Crippen molar-refractivity contribution in [2.75, 3.05) is 26.2 Å². The molecule has 1 fully saturated rings. The Morgan fingerprint density at radius 3 is 2.79 bits per heavy atom. The lowest BCUT2D eigenvalue weighted by Crippen LogP contribution is -2.48. The molecule has 0 saturated carbocycles. The molecule has 2 aromatic carbocycles. The molecule has 100 valence electrons. The van der Waals surface area contributed by atoms with Gasteiger partial charge in [0.15, 0.2) is 0 Å². The van der Waals surface area contributed by atoms with Crippen molar-refractivity contribution in [2.24, 2.45) is 0 Å². The van der Waals surface area contributed by atoms with Crippen LogP contribution in [0.3, 0.4) is 0 Å². The Balaban J connectivity index is 1.56. The van der Waals surface area contributed by atoms with E-state index in [0.29, 0.717) is 6.04 Å². The highest BCUT2D eigenvalue weighted by molar-refractivity contribution is 5.83. The zero-order valence-electron chi connectivity index (χ0n) is 11.1. The lowest BCUT2D eigenvalue weighted by molar-refractivity contribution is 0.274. The van der Waals surface area contributed by atoms with Gasteiger partial charge in [0.25, 0.3) is 0 Å². The summed E-state index contributed by atoms with van der Waals surface area (Å²) in [7, 11) is 0. The number of benzene rings is 2. The van der Waals surface area contributed by atoms with Crippen molar-refractivity contribution in [3.05, 3.63) is 42.5 Å². The van der Waals surface area contributed by atoms with Crippen molar-refractivity contribution >= 4 is 10.8 Å². The van der Waals surface area contributed by atoms with E-state index >= 15 is 0 Å². The minimum atomic E-state index is 0.536. The minimum Gasteiger partial charge on any atom is -0.494 e. The van der Waals surface area contributed by atoms with Crippen molar-refractivity contribution < 1.29 is 4.74 Å². The fourth-order valence-corrected chi connectivity index (χ4v) is 2.49. The Morgan fingerprint density at radius 2 is 1.95 bits per heavy atom. The topological polar surface area (TPSA) is 33.3 Å². The van der Waals surface area contributed by atoms with E-state index in [1.165, 1.54) is 10.8 Å². The van der Waals surface area contributed by atoms with Gasteiger partial charge in [0, 0.05) is 25.7 Å². The monoisotopic (exact) mass is 256 g/mol. The highest BCUT2D eigenvalue weighted by atomic mass is 16.5. The molecule has 0 aromatic heterocycles. The SMILES string of the molecule is c1ccc2cc(OCCC3CNCCN3)ccc2c1. The fraction of sp³-hybridized carbons (Fsp3) is 0.375. The van der Waals surface area contributed by atoms with Crippen LogP contribution in [0.2, 0.25) is 0 Å². The van der Waals surface area contributed by atoms with E-state index in [1.54, 1.807) is 0 Å². The summed E-state index contributed by atoms with van der Waals surface area (Å²) in [5, 5.41) is 9.37. The van der Waals surface area contributed by atoms with Crippen molar-refractivity contribution in [2.45, 2.75) is 12.5 Å². The lowest BCUT2D eigenvalue weighted by atomic mass is 10.1. The first-order valence-corrected chi connectivity index (χ1v) is 6.97. The first-order valence-electron chi connectivity index (χ1n) is 6.97. The third-order valence-corrected chi connectivity index (χ3v) is 3.58. The molecule has 1 unspecified atom stereocenters. The summed E-state index contributed by atoms with van der Waals surface area (Å²) in [6.45, 7) is 3.93. The van der Waals surface area contributed by atoms with E-state index < -0.39 is 0 Å². The summed E-state index contributed by atoms with van der Waals surface area (Å²) < 4.78 is 5.85. The molecule has 0 amide bonds. The van der Waals surface area contributed by atoms with E-state index in [0.717, 1.165) is 38.4 Å². The molecule has 1 heterocycles. The maximum atomic E-state index is 5.85. The maximum Gasteiger partial charge on any atom is 0.119 e. The number of piperazine rings is 1. The van der Waals surface area contributed by atoms with Gasteiger partial charge in [-0.2, -0.15) is 0 Å². The van der Waals surface area contributed by atoms with Gasteiger partial charge in [-0.25, -0.2) is 0 Å². The molecule has 0 bridgehead atoms. The second kappa shape index (κ2) is 6.04. The van der Waals surface area contributed by atoms with E-state index in [-0.39, 0.29) is 0 Å². The smallest absolute Gasteiger partial charge is 0.119 e. The number of rotatable bonds is 4. The largest absolute Gasteiger partial charge is 0.494 e. The van der Waals surface area contributed by atoms with E-state index in [1.807, 2.05) is 0 Å². The Bertz CT molecular complexity index is 535. The Labute approximate surface area is 114 Å². The number of hydrogen-bond donors (Lipinski definition) is 2. The lowest BCUT2D eigenvalue weighted by Gasteiger charge is -2.24. The third kappa shape index (κ3) is 3.25. The Hall–Kier alpha value is -1.58. The predicted molar refractivity (Wildman–Crippen MR) is 78.7 cm³/mol. The quantitative estimate of drug-likeness (QED) is 0.879. The molecule has 2 aromatic rings. The van der Waals surface area contributed by atoms with Gasteiger partial charge in [0.1, 0.15) is 5.75 Å². The molecule has 1 saturated heterocycles. The average molecular weight is 256 g/mol. The van der Waals surface area contributed by atoms with Crippen LogP contribution in [0.25, 0.3) is 10.8 Å². The van der Waals surface area contributed by atoms with Crippen LogP contribution in [-0.2, 0) is 0 Å². The molecule has 0 aliphatic carbocycles. The highest BCUT2D eigenvalue weighted by Crippen LogP contribution is 2.20. The summed E-state index contributed by atoms with van der Waals surface area (Å²) in [5.74, 6) is 0.961. The molecule has 1 aliphatic heterocycles. The van der Waals surface area contributed by atoms with Gasteiger partial charge in [-0.1, -0.05) is 30.3 Å². The van der Waals surface area contributed by atoms with E-state index in [4.69, 9.17) is 4.74 Å². The first-order chi connectivity index (χ1) is 9.42. The normalized spacial score (nSPS) is 19.5. The molecule has 3 nitrogen and oxygen atoms in total. The van der Waals surface area contributed by atoms with Crippen molar-refractivity contribution in [3.63, 3.8) is 0 Å². The van der Waals surface area contributed by atoms with Crippen LogP contribution in [0, 0.1) is 0 Å². The molecular weight excluding hydrogens is 236 g/mol. The summed E-state index contributed by atoms with van der Waals surface area (Å²) in [5.41, 5.74) is 0. The van der Waals surface area contributed by atoms with Crippen LogP contribution in [0.5, 0.6) is 5.75 Å². The molecule has 3 rings (SSSR count). The first kappa shape index (κ1) is 12.5. The van der Waals surface area contributed by atoms with Gasteiger partial charge in [0.2, 0.25) is 0 Å². The van der Waals surface area contributed by atoms with E-state index in [9.17, 15) is 0 Å². The fourth-order valence-electron chi connectivity index (χ4n) is 2.49. The number of hydrogen-bond acceptors (Lipinski definition) is 3. The van der Waals surface area contributed by atoms with Crippen LogP contribution >= 0.6 is 0 Å². The van der Waals surface area contributed by atoms with Gasteiger partial charge >= 0.3 is 0 Å². The molecule has 1 aliphatic rings. The average Bonchev–Trinajstić information content (AvgIpc) is 2.48. The van der Waals surface area contributed by atoms with Crippen LogP contribution in [-0.4, -0.2) is 32.3 Å². The van der Waals surface area contributed by atoms with Crippen LogP contribution in [0.1, 0.15) is 6.42 Å². The summed E-state index contributed by atoms with van der Waals surface area (Å²) >= 11 is 0. The van der Waals surface area contributed by atoms with Crippen LogP contribution < -0.4 is 15.4 Å². The molecule has 0 spiro atoms. The number of fused-ring (bicyclic) bond motifs is 1. The van der Waals surface area contributed by atoms with E-state index in [2.05, 4.69) is 53.1 Å². The Kier molecular flexibility index (Phi) is 3.96. The van der Waals surface area contributed by atoms with Crippen molar-refractivity contribution in [1.82, 2.24) is 10.6 Å². The second-order valence-electron chi connectivity index (χ2n) is 5.00. The molecule has 1 atom stereocenters. The summed E-state index contributed by atoms with van der Waals surface area (Å²) in [6.07, 6.45) is 1.04. The zero-order valence-corrected chi connectivity index (χ0v) is 11.1. The standard InChI is InChI=1S/C16H20N2O/c1-2-4-14-11-16(6-5-13(14)3-1)19-10-7-15-12-17-8-9-18-15/h1-6,11,15,17-18H,7-10,12H2. The molecule has 0 radical (unpaired) electrons. The molecule has 19 heavy (non-hydrogen) atoms. The maximum absolute atomic E-state index is 5.85. The minimum absolute atomic E-state index is 0.536. The number of nitrogens with one attached hydrogen (secondary N) is 2. The zero-order chi connectivity index (χ0) is 12.9. The second-order valence-corrected chi connectivity index (χ2v) is 5.00. The molecular formula is C16H20N2O. The van der Waals surface area contributed by atoms with Gasteiger partial charge in [-0.05, 0) is 29.3 Å². The van der Waals surface area contributed by atoms with Crippen LogP contribution in [0.15, 0.2) is 42.5 Å². The number of ether oxygens (including phenoxy) is 1. The molecule has 2 N–H and O–H groups in total. The van der Waals surface area contributed by atoms with Gasteiger partial charge in [0.05, 0.1) is 6.61 Å². The summed E-state index contributed by atoms with van der Waals surface area (Å²) in [4.78, 5) is 0. The van der Waals surface area contributed by atoms with Crippen LogP contribution in [0.4, 0.5) is 0 Å².